The molecular weight excluding hydrogens is 246 g/mol. The van der Waals surface area contributed by atoms with Crippen LogP contribution in [0.25, 0.3) is 0 Å². The van der Waals surface area contributed by atoms with Crippen molar-refractivity contribution in [2.24, 2.45) is 0 Å². The minimum Gasteiger partial charge on any atom is -0.476 e. The summed E-state index contributed by atoms with van der Waals surface area (Å²) in [6.45, 7) is 4.02. The summed E-state index contributed by atoms with van der Waals surface area (Å²) in [5, 5.41) is 15.9. The van der Waals surface area contributed by atoms with Crippen LogP contribution in [0.2, 0.25) is 0 Å². The Morgan fingerprint density at radius 3 is 2.44 bits per heavy atom. The van der Waals surface area contributed by atoms with Gasteiger partial charge in [-0.3, -0.25) is 5.41 Å². The molecule has 0 heterocycles. The minimum atomic E-state index is -1.17. The molecule has 0 saturated heterocycles. The molecule has 96 valence electrons. The van der Waals surface area contributed by atoms with Gasteiger partial charge in [0.25, 0.3) is 0 Å². The molecule has 0 aliphatic heterocycles. The predicted molar refractivity (Wildman–Crippen MR) is 76.1 cm³/mol. The molecule has 0 atom stereocenters. The fourth-order valence-electron chi connectivity index (χ4n) is 1.42. The smallest absolute Gasteiger partial charge is 0.360 e. The molecule has 0 fully saturated rings. The number of nitrogens with one attached hydrogen (secondary N) is 1. The molecule has 1 aromatic rings. The van der Waals surface area contributed by atoms with Crippen LogP contribution in [0.4, 0.5) is 0 Å². The van der Waals surface area contributed by atoms with E-state index in [9.17, 15) is 4.79 Å². The first-order chi connectivity index (χ1) is 8.54. The Bertz CT molecular complexity index is 466. The highest BCUT2D eigenvalue weighted by molar-refractivity contribution is 8.18. The molecule has 0 aliphatic carbocycles. The third-order valence-electron chi connectivity index (χ3n) is 2.63. The Morgan fingerprint density at radius 2 is 1.94 bits per heavy atom. The van der Waals surface area contributed by atoms with Crippen LogP contribution in [0.5, 0.6) is 0 Å². The van der Waals surface area contributed by atoms with Gasteiger partial charge in [-0.15, -0.1) is 0 Å². The van der Waals surface area contributed by atoms with Gasteiger partial charge >= 0.3 is 5.97 Å². The number of hydrogen-bond donors (Lipinski definition) is 2. The molecule has 0 amide bonds. The third-order valence-corrected chi connectivity index (χ3v) is 3.75. The predicted octanol–water partition coefficient (Wildman–Crippen LogP) is 3.71. The van der Waals surface area contributed by atoms with Crippen LogP contribution in [-0.4, -0.2) is 16.1 Å². The summed E-state index contributed by atoms with van der Waals surface area (Å²) in [6.07, 6.45) is 1.54. The molecule has 0 unspecified atom stereocenters. The number of aliphatic carboxylic acids is 1. The van der Waals surface area contributed by atoms with Gasteiger partial charge in [0.1, 0.15) is 0 Å². The zero-order chi connectivity index (χ0) is 13.5. The van der Waals surface area contributed by atoms with E-state index < -0.39 is 5.97 Å². The summed E-state index contributed by atoms with van der Waals surface area (Å²) in [4.78, 5) is 11.7. The Hall–Kier alpha value is -1.55. The maximum Gasteiger partial charge on any atom is 0.360 e. The van der Waals surface area contributed by atoms with E-state index in [1.165, 1.54) is 0 Å². The Labute approximate surface area is 111 Å². The van der Waals surface area contributed by atoms with E-state index in [0.29, 0.717) is 6.42 Å². The maximum absolute atomic E-state index is 10.7. The van der Waals surface area contributed by atoms with E-state index in [1.54, 1.807) is 0 Å². The topological polar surface area (TPSA) is 61.2 Å². The molecule has 2 N–H and O–H groups in total. The summed E-state index contributed by atoms with van der Waals surface area (Å²) in [5.74, 6) is -1.17. The first kappa shape index (κ1) is 14.5. The number of hydrogen-bond acceptors (Lipinski definition) is 3. The van der Waals surface area contributed by atoms with Crippen molar-refractivity contribution in [2.75, 3.05) is 0 Å². The van der Waals surface area contributed by atoms with Crippen LogP contribution < -0.4 is 0 Å². The van der Waals surface area contributed by atoms with E-state index in [0.717, 1.165) is 34.2 Å². The van der Waals surface area contributed by atoms with E-state index in [2.05, 4.69) is 0 Å². The van der Waals surface area contributed by atoms with Gasteiger partial charge in [0.2, 0.25) is 0 Å². The van der Waals surface area contributed by atoms with E-state index in [4.69, 9.17) is 10.5 Å². The second-order valence-electron chi connectivity index (χ2n) is 3.96. The average molecular weight is 263 g/mol. The standard InChI is InChI=1S/C14H17NO2S/c1-3-10(2)12(18-13(15)14(16)17)9-11-7-5-4-6-8-11/h4-8,15H,3,9H2,1-2H3,(H,16,17). The zero-order valence-electron chi connectivity index (χ0n) is 10.6. The second-order valence-corrected chi connectivity index (χ2v) is 5.06. The molecule has 0 spiro atoms. The molecule has 0 saturated carbocycles. The van der Waals surface area contributed by atoms with Gasteiger partial charge in [0.05, 0.1) is 0 Å². The second kappa shape index (κ2) is 7.01. The van der Waals surface area contributed by atoms with Gasteiger partial charge in [0, 0.05) is 6.42 Å². The lowest BCUT2D eigenvalue weighted by Gasteiger charge is -2.10. The quantitative estimate of drug-likeness (QED) is 0.643. The van der Waals surface area contributed by atoms with Crippen molar-refractivity contribution in [3.8, 4) is 0 Å². The van der Waals surface area contributed by atoms with Crippen LogP contribution in [0.3, 0.4) is 0 Å². The summed E-state index contributed by atoms with van der Waals surface area (Å²) in [5.41, 5.74) is 2.26. The molecule has 0 bridgehead atoms. The molecule has 18 heavy (non-hydrogen) atoms. The fourth-order valence-corrected chi connectivity index (χ4v) is 2.31. The fraction of sp³-hybridized carbons (Fsp3) is 0.286. The SMILES string of the molecule is CCC(C)=C(Cc1ccccc1)SC(=N)C(=O)O. The van der Waals surface area contributed by atoms with E-state index >= 15 is 0 Å². The molecule has 0 aliphatic rings. The van der Waals surface area contributed by atoms with Gasteiger partial charge in [-0.25, -0.2) is 4.79 Å². The van der Waals surface area contributed by atoms with Crippen molar-refractivity contribution >= 4 is 22.8 Å². The molecule has 1 aromatic carbocycles. The monoisotopic (exact) mass is 263 g/mol. The maximum atomic E-state index is 10.7. The van der Waals surface area contributed by atoms with Crippen molar-refractivity contribution in [1.29, 1.82) is 5.41 Å². The highest BCUT2D eigenvalue weighted by Gasteiger charge is 2.13. The van der Waals surface area contributed by atoms with Crippen molar-refractivity contribution in [3.05, 3.63) is 46.4 Å². The van der Waals surface area contributed by atoms with Gasteiger partial charge in [-0.05, 0) is 23.8 Å². The number of rotatable bonds is 4. The Kier molecular flexibility index (Phi) is 5.65. The lowest BCUT2D eigenvalue weighted by molar-refractivity contribution is -0.129. The van der Waals surface area contributed by atoms with Gasteiger partial charge < -0.3 is 5.11 Å². The summed E-state index contributed by atoms with van der Waals surface area (Å²) in [7, 11) is 0. The number of allylic oxidation sites excluding steroid dienone is 2. The van der Waals surface area contributed by atoms with Crippen LogP contribution in [0.15, 0.2) is 40.8 Å². The molecule has 4 heteroatoms. The normalized spacial score (nSPS) is 11.9. The van der Waals surface area contributed by atoms with Crippen LogP contribution in [0.1, 0.15) is 25.8 Å². The highest BCUT2D eigenvalue weighted by atomic mass is 32.2. The Morgan fingerprint density at radius 1 is 1.33 bits per heavy atom. The van der Waals surface area contributed by atoms with Crippen molar-refractivity contribution < 1.29 is 9.90 Å². The van der Waals surface area contributed by atoms with Gasteiger partial charge in [-0.1, -0.05) is 54.6 Å². The van der Waals surface area contributed by atoms with Gasteiger partial charge in [0.15, 0.2) is 5.04 Å². The molecular formula is C14H17NO2S. The third kappa shape index (κ3) is 4.37. The minimum absolute atomic E-state index is 0.325. The van der Waals surface area contributed by atoms with Crippen LogP contribution >= 0.6 is 11.8 Å². The van der Waals surface area contributed by atoms with Crippen molar-refractivity contribution in [3.63, 3.8) is 0 Å². The number of carbonyl (C=O) groups is 1. The van der Waals surface area contributed by atoms with E-state index in [1.807, 2.05) is 44.2 Å². The number of carboxylic acids is 1. The highest BCUT2D eigenvalue weighted by Crippen LogP contribution is 2.26. The van der Waals surface area contributed by atoms with Crippen LogP contribution in [0, 0.1) is 5.41 Å². The number of carboxylic acid groups (broad SMARTS) is 1. The lowest BCUT2D eigenvalue weighted by Crippen LogP contribution is -2.08. The molecule has 3 nitrogen and oxygen atoms in total. The van der Waals surface area contributed by atoms with Crippen molar-refractivity contribution in [2.45, 2.75) is 26.7 Å². The molecule has 0 radical (unpaired) electrons. The van der Waals surface area contributed by atoms with Gasteiger partial charge in [-0.2, -0.15) is 0 Å². The first-order valence-electron chi connectivity index (χ1n) is 5.76. The number of benzene rings is 1. The summed E-state index contributed by atoms with van der Waals surface area (Å²) < 4.78 is 0. The van der Waals surface area contributed by atoms with Crippen molar-refractivity contribution in [1.82, 2.24) is 0 Å². The largest absolute Gasteiger partial charge is 0.476 e. The molecule has 0 aromatic heterocycles. The lowest BCUT2D eigenvalue weighted by atomic mass is 10.1. The molecule has 1 rings (SSSR count). The summed E-state index contributed by atoms with van der Waals surface area (Å²) >= 11 is 1.04. The van der Waals surface area contributed by atoms with Crippen LogP contribution in [-0.2, 0) is 11.2 Å². The zero-order valence-corrected chi connectivity index (χ0v) is 11.4. The summed E-state index contributed by atoms with van der Waals surface area (Å²) in [6, 6.07) is 9.89. The van der Waals surface area contributed by atoms with E-state index in [-0.39, 0.29) is 5.04 Å². The average Bonchev–Trinajstić information content (AvgIpc) is 2.38. The Balaban J connectivity index is 2.88. The number of thioether (sulfide) groups is 1. The first-order valence-corrected chi connectivity index (χ1v) is 6.58.